The van der Waals surface area contributed by atoms with Crippen LogP contribution in [0.1, 0.15) is 44.0 Å². The predicted molar refractivity (Wildman–Crippen MR) is 131 cm³/mol. The first-order valence-electron chi connectivity index (χ1n) is 11.1. The normalized spacial score (nSPS) is 19.0. The van der Waals surface area contributed by atoms with Gasteiger partial charge in [0.15, 0.2) is 0 Å². The van der Waals surface area contributed by atoms with Crippen LogP contribution >= 0.6 is 15.9 Å². The van der Waals surface area contributed by atoms with Crippen LogP contribution in [0.4, 0.5) is 11.8 Å². The van der Waals surface area contributed by atoms with E-state index in [1.807, 2.05) is 33.2 Å². The van der Waals surface area contributed by atoms with E-state index < -0.39 is 0 Å². The molecular weight excluding hydrogens is 454 g/mol. The topological polar surface area (TPSA) is 70.9 Å². The second-order valence-corrected chi connectivity index (χ2v) is 9.31. The fourth-order valence-corrected chi connectivity index (χ4v) is 4.79. The minimum Gasteiger partial charge on any atom is -0.362 e. The molecule has 2 N–H and O–H groups in total. The molecule has 1 saturated carbocycles. The van der Waals surface area contributed by atoms with Crippen LogP contribution in [0, 0.1) is 6.92 Å². The van der Waals surface area contributed by atoms with Crippen molar-refractivity contribution in [3.63, 3.8) is 0 Å². The molecule has 0 saturated heterocycles. The smallest absolute Gasteiger partial charge is 0.225 e. The fourth-order valence-electron chi connectivity index (χ4n) is 4.37. The summed E-state index contributed by atoms with van der Waals surface area (Å²) < 4.78 is 3.21. The van der Waals surface area contributed by atoms with Crippen molar-refractivity contribution in [1.29, 1.82) is 0 Å². The Kier molecular flexibility index (Phi) is 6.77. The van der Waals surface area contributed by atoms with E-state index in [0.29, 0.717) is 12.1 Å². The Labute approximate surface area is 192 Å². The number of anilines is 2. The Bertz CT molecular complexity index is 1040. The molecule has 0 unspecified atom stereocenters. The maximum Gasteiger partial charge on any atom is 0.225 e. The second kappa shape index (κ2) is 9.53. The molecule has 1 aromatic carbocycles. The van der Waals surface area contributed by atoms with Gasteiger partial charge in [-0.15, -0.1) is 0 Å². The summed E-state index contributed by atoms with van der Waals surface area (Å²) in [4.78, 5) is 11.6. The number of para-hydroxylation sites is 1. The summed E-state index contributed by atoms with van der Waals surface area (Å²) >= 11 is 3.70. The summed E-state index contributed by atoms with van der Waals surface area (Å²) in [5.41, 5.74) is 3.27. The number of rotatable bonds is 7. The molecule has 8 heteroatoms. The van der Waals surface area contributed by atoms with Crippen molar-refractivity contribution >= 4 is 38.6 Å². The van der Waals surface area contributed by atoms with E-state index >= 15 is 0 Å². The monoisotopic (exact) mass is 485 g/mol. The van der Waals surface area contributed by atoms with Gasteiger partial charge >= 0.3 is 0 Å². The number of fused-ring (bicyclic) bond motifs is 1. The molecule has 1 aliphatic carbocycles. The van der Waals surface area contributed by atoms with Crippen LogP contribution < -0.4 is 15.5 Å². The highest BCUT2D eigenvalue weighted by Crippen LogP contribution is 2.27. The highest BCUT2D eigenvalue weighted by Gasteiger charge is 2.23. The molecule has 3 aromatic rings. The molecule has 2 heterocycles. The summed E-state index contributed by atoms with van der Waals surface area (Å²) in [6.45, 7) is 5.92. The third-order valence-electron chi connectivity index (χ3n) is 6.08. The van der Waals surface area contributed by atoms with Gasteiger partial charge in [-0.25, -0.2) is 4.98 Å². The number of aromatic nitrogens is 4. The number of benzene rings is 1. The second-order valence-electron chi connectivity index (χ2n) is 8.52. The molecule has 0 bridgehead atoms. The Morgan fingerprint density at radius 1 is 1.10 bits per heavy atom. The molecule has 4 rings (SSSR count). The van der Waals surface area contributed by atoms with Crippen LogP contribution in [0.2, 0.25) is 0 Å². The van der Waals surface area contributed by atoms with E-state index in [2.05, 4.69) is 60.3 Å². The average Bonchev–Trinajstić information content (AvgIpc) is 3.05. The minimum absolute atomic E-state index is 0.407. The highest BCUT2D eigenvalue weighted by molar-refractivity contribution is 9.10. The van der Waals surface area contributed by atoms with Gasteiger partial charge in [0.25, 0.3) is 0 Å². The lowest BCUT2D eigenvalue weighted by molar-refractivity contribution is 0.348. The SMILES string of the molecule is CCn1nc(C)c(Br)c1CN[C@H]1CC[C@@H](Nc2nc(N(C)C)c3ccccc3n2)CC1. The van der Waals surface area contributed by atoms with E-state index in [-0.39, 0.29) is 0 Å². The molecular formula is C23H32BrN7. The molecule has 1 fully saturated rings. The van der Waals surface area contributed by atoms with Crippen molar-refractivity contribution in [1.82, 2.24) is 25.1 Å². The van der Waals surface area contributed by atoms with Gasteiger partial charge < -0.3 is 15.5 Å². The van der Waals surface area contributed by atoms with Crippen molar-refractivity contribution < 1.29 is 0 Å². The fraction of sp³-hybridized carbons (Fsp3) is 0.522. The summed E-state index contributed by atoms with van der Waals surface area (Å²) in [5, 5.41) is 13.0. The van der Waals surface area contributed by atoms with Gasteiger partial charge in [-0.2, -0.15) is 10.1 Å². The zero-order valence-corrected chi connectivity index (χ0v) is 20.4. The molecule has 0 spiro atoms. The maximum absolute atomic E-state index is 4.79. The molecule has 7 nitrogen and oxygen atoms in total. The summed E-state index contributed by atoms with van der Waals surface area (Å²) in [6, 6.07) is 9.13. The van der Waals surface area contributed by atoms with Crippen LogP contribution in [-0.4, -0.2) is 45.9 Å². The first-order chi connectivity index (χ1) is 15.0. The van der Waals surface area contributed by atoms with Gasteiger partial charge in [0.2, 0.25) is 5.95 Å². The van der Waals surface area contributed by atoms with Crippen LogP contribution in [0.15, 0.2) is 28.7 Å². The summed E-state index contributed by atoms with van der Waals surface area (Å²) in [6.07, 6.45) is 4.50. The Hall–Kier alpha value is -2.19. The van der Waals surface area contributed by atoms with Crippen molar-refractivity contribution in [2.75, 3.05) is 24.3 Å². The minimum atomic E-state index is 0.407. The van der Waals surface area contributed by atoms with Gasteiger partial charge in [0.1, 0.15) is 5.82 Å². The lowest BCUT2D eigenvalue weighted by Crippen LogP contribution is -2.37. The number of halogens is 1. The molecule has 31 heavy (non-hydrogen) atoms. The largest absolute Gasteiger partial charge is 0.362 e. The number of nitrogens with one attached hydrogen (secondary N) is 2. The van der Waals surface area contributed by atoms with Crippen LogP contribution in [0.5, 0.6) is 0 Å². The Morgan fingerprint density at radius 3 is 2.52 bits per heavy atom. The van der Waals surface area contributed by atoms with E-state index in [1.54, 1.807) is 0 Å². The standard InChI is InChI=1S/C23H32BrN7/c1-5-31-20(21(24)15(2)29-31)14-25-16-10-12-17(13-11-16)26-23-27-19-9-7-6-8-18(19)22(28-23)30(3)4/h6-9,16-17,25H,5,10-14H2,1-4H3,(H,26,27,28)/t16-,17+. The first kappa shape index (κ1) is 22.0. The number of hydrogen-bond acceptors (Lipinski definition) is 6. The van der Waals surface area contributed by atoms with E-state index in [4.69, 9.17) is 9.97 Å². The van der Waals surface area contributed by atoms with Gasteiger partial charge in [0.05, 0.1) is 21.4 Å². The van der Waals surface area contributed by atoms with E-state index in [9.17, 15) is 0 Å². The van der Waals surface area contributed by atoms with Crippen LogP contribution in [0.3, 0.4) is 0 Å². The Balaban J connectivity index is 1.36. The van der Waals surface area contributed by atoms with Crippen molar-refractivity contribution in [3.8, 4) is 0 Å². The zero-order valence-electron chi connectivity index (χ0n) is 18.8. The highest BCUT2D eigenvalue weighted by atomic mass is 79.9. The lowest BCUT2D eigenvalue weighted by Gasteiger charge is -2.30. The number of aryl methyl sites for hydroxylation is 2. The van der Waals surface area contributed by atoms with Crippen molar-refractivity contribution in [2.24, 2.45) is 0 Å². The van der Waals surface area contributed by atoms with Crippen LogP contribution in [-0.2, 0) is 13.1 Å². The lowest BCUT2D eigenvalue weighted by atomic mass is 9.91. The van der Waals surface area contributed by atoms with Gasteiger partial charge in [-0.05, 0) is 67.6 Å². The number of hydrogen-bond donors (Lipinski definition) is 2. The van der Waals surface area contributed by atoms with Gasteiger partial charge in [0, 0.05) is 44.7 Å². The average molecular weight is 486 g/mol. The molecule has 166 valence electrons. The van der Waals surface area contributed by atoms with E-state index in [0.717, 1.165) is 71.6 Å². The molecule has 2 aromatic heterocycles. The summed E-state index contributed by atoms with van der Waals surface area (Å²) in [5.74, 6) is 1.68. The predicted octanol–water partition coefficient (Wildman–Crippen LogP) is 4.50. The van der Waals surface area contributed by atoms with Crippen LogP contribution in [0.25, 0.3) is 10.9 Å². The third-order valence-corrected chi connectivity index (χ3v) is 7.11. The molecule has 1 aliphatic rings. The first-order valence-corrected chi connectivity index (χ1v) is 11.9. The molecule has 0 radical (unpaired) electrons. The molecule has 0 amide bonds. The third kappa shape index (κ3) is 4.85. The molecule has 0 atom stereocenters. The maximum atomic E-state index is 4.79. The van der Waals surface area contributed by atoms with Crippen molar-refractivity contribution in [3.05, 3.63) is 40.1 Å². The van der Waals surface area contributed by atoms with Gasteiger partial charge in [-0.3, -0.25) is 4.68 Å². The zero-order chi connectivity index (χ0) is 22.0. The number of nitrogens with zero attached hydrogens (tertiary/aromatic N) is 5. The quantitative estimate of drug-likeness (QED) is 0.513. The molecule has 0 aliphatic heterocycles. The van der Waals surface area contributed by atoms with E-state index in [1.165, 1.54) is 5.69 Å². The van der Waals surface area contributed by atoms with Gasteiger partial charge in [-0.1, -0.05) is 12.1 Å². The Morgan fingerprint density at radius 2 is 1.81 bits per heavy atom. The summed E-state index contributed by atoms with van der Waals surface area (Å²) in [7, 11) is 4.06. The van der Waals surface area contributed by atoms with Crippen molar-refractivity contribution in [2.45, 2.75) is 64.7 Å².